The minimum atomic E-state index is -4.45. The highest BCUT2D eigenvalue weighted by Gasteiger charge is 2.28. The number of aromatic nitrogens is 1. The van der Waals surface area contributed by atoms with Crippen molar-refractivity contribution >= 4 is 42.4 Å². The first-order chi connectivity index (χ1) is 13.1. The Labute approximate surface area is 162 Å². The van der Waals surface area contributed by atoms with E-state index < -0.39 is 34.3 Å². The van der Waals surface area contributed by atoms with Crippen molar-refractivity contribution in [1.82, 2.24) is 4.98 Å². The van der Waals surface area contributed by atoms with Crippen LogP contribution in [0.15, 0.2) is 18.2 Å². The number of sulfone groups is 1. The normalized spacial score (nSPS) is 17.8. The van der Waals surface area contributed by atoms with E-state index in [1.54, 1.807) is 0 Å². The van der Waals surface area contributed by atoms with Gasteiger partial charge in [-0.3, -0.25) is 4.79 Å². The maximum absolute atomic E-state index is 12.2. The minimum Gasteiger partial charge on any atom is -0.484 e. The second kappa shape index (κ2) is 8.21. The molecule has 3 rings (SSSR count). The molecule has 1 amide bonds. The van der Waals surface area contributed by atoms with Crippen molar-refractivity contribution in [2.24, 2.45) is 0 Å². The maximum Gasteiger partial charge on any atom is 0.422 e. The lowest BCUT2D eigenvalue weighted by atomic mass is 10.3. The Hall–Kier alpha value is -1.92. The summed E-state index contributed by atoms with van der Waals surface area (Å²) in [6, 6.07) is 4.18. The van der Waals surface area contributed by atoms with E-state index in [0.717, 1.165) is 17.8 Å². The number of halogens is 3. The smallest absolute Gasteiger partial charge is 0.422 e. The van der Waals surface area contributed by atoms with Crippen LogP contribution in [0.3, 0.4) is 0 Å². The van der Waals surface area contributed by atoms with E-state index in [4.69, 9.17) is 4.74 Å². The Balaban J connectivity index is 1.61. The summed E-state index contributed by atoms with van der Waals surface area (Å²) in [5, 5.41) is 2.57. The number of benzene rings is 1. The first-order valence-corrected chi connectivity index (χ1v) is 11.0. The van der Waals surface area contributed by atoms with Gasteiger partial charge >= 0.3 is 6.18 Å². The topological polar surface area (TPSA) is 94.6 Å². The van der Waals surface area contributed by atoms with Crippen LogP contribution in [0.5, 0.6) is 5.75 Å². The third-order valence-corrected chi connectivity index (χ3v) is 6.34. The van der Waals surface area contributed by atoms with Gasteiger partial charge in [-0.15, -0.1) is 0 Å². The monoisotopic (exact) mass is 438 g/mol. The molecule has 1 unspecified atom stereocenters. The number of alkyl halides is 3. The van der Waals surface area contributed by atoms with E-state index in [9.17, 15) is 26.4 Å². The lowest BCUT2D eigenvalue weighted by Crippen LogP contribution is -2.29. The molecule has 1 saturated heterocycles. The third kappa shape index (κ3) is 6.04. The maximum atomic E-state index is 12.2. The predicted octanol–water partition coefficient (Wildman–Crippen LogP) is 2.77. The van der Waals surface area contributed by atoms with Gasteiger partial charge in [0.2, 0.25) is 5.91 Å². The molecular formula is C16H17F3N2O5S2. The number of amides is 1. The number of carbonyl (C=O) groups is 1. The van der Waals surface area contributed by atoms with E-state index in [-0.39, 0.29) is 22.7 Å². The molecule has 0 saturated carbocycles. The third-order valence-electron chi connectivity index (χ3n) is 3.82. The Morgan fingerprint density at radius 1 is 1.39 bits per heavy atom. The average Bonchev–Trinajstić information content (AvgIpc) is 3.19. The quantitative estimate of drug-likeness (QED) is 0.715. The van der Waals surface area contributed by atoms with Crippen molar-refractivity contribution in [3.63, 3.8) is 0 Å². The van der Waals surface area contributed by atoms with E-state index in [0.29, 0.717) is 23.2 Å². The zero-order valence-corrected chi connectivity index (χ0v) is 16.1. The molecule has 2 heterocycles. The number of nitrogens with one attached hydrogen (secondary N) is 1. The Morgan fingerprint density at radius 2 is 2.18 bits per heavy atom. The largest absolute Gasteiger partial charge is 0.484 e. The lowest BCUT2D eigenvalue weighted by Gasteiger charge is -2.09. The standard InChI is InChI=1S/C16H17F3N2O5S2/c17-16(18,19)9-26-10-3-4-12-13(6-10)27-15(20-12)21-14(22)8-28(23,24)7-11-2-1-5-25-11/h3-4,6,11H,1-2,5,7-9H2,(H,20,21,22). The summed E-state index contributed by atoms with van der Waals surface area (Å²) < 4.78 is 71.3. The van der Waals surface area contributed by atoms with E-state index >= 15 is 0 Å². The van der Waals surface area contributed by atoms with Crippen molar-refractivity contribution in [3.8, 4) is 5.75 Å². The summed E-state index contributed by atoms with van der Waals surface area (Å²) in [6.45, 7) is -0.893. The molecule has 0 spiro atoms. The Kier molecular flexibility index (Phi) is 6.10. The van der Waals surface area contributed by atoms with Crippen LogP contribution in [0.25, 0.3) is 10.2 Å². The average molecular weight is 438 g/mol. The van der Waals surface area contributed by atoms with Crippen LogP contribution in [-0.4, -0.2) is 56.3 Å². The number of hydrogen-bond acceptors (Lipinski definition) is 7. The molecule has 0 bridgehead atoms. The SMILES string of the molecule is O=C(CS(=O)(=O)CC1CCCO1)Nc1nc2ccc(OCC(F)(F)F)cc2s1. The first-order valence-electron chi connectivity index (χ1n) is 8.32. The molecule has 1 fully saturated rings. The number of fused-ring (bicyclic) bond motifs is 1. The van der Waals surface area contributed by atoms with Gasteiger partial charge in [0.05, 0.1) is 22.1 Å². The molecule has 1 aromatic carbocycles. The molecular weight excluding hydrogens is 421 g/mol. The first kappa shape index (κ1) is 20.8. The molecule has 28 heavy (non-hydrogen) atoms. The summed E-state index contributed by atoms with van der Waals surface area (Å²) in [4.78, 5) is 16.2. The summed E-state index contributed by atoms with van der Waals surface area (Å²) in [5.41, 5.74) is 0.446. The van der Waals surface area contributed by atoms with Crippen LogP contribution in [0.4, 0.5) is 18.3 Å². The van der Waals surface area contributed by atoms with Crippen LogP contribution in [0.2, 0.25) is 0 Å². The van der Waals surface area contributed by atoms with Crippen LogP contribution >= 0.6 is 11.3 Å². The van der Waals surface area contributed by atoms with Gasteiger partial charge in [-0.05, 0) is 31.0 Å². The van der Waals surface area contributed by atoms with E-state index in [1.807, 2.05) is 0 Å². The highest BCUT2D eigenvalue weighted by Crippen LogP contribution is 2.30. The number of hydrogen-bond donors (Lipinski definition) is 1. The summed E-state index contributed by atoms with van der Waals surface area (Å²) in [5.74, 6) is -1.61. The van der Waals surface area contributed by atoms with Gasteiger partial charge in [0, 0.05) is 6.61 Å². The van der Waals surface area contributed by atoms with Gasteiger partial charge in [-0.2, -0.15) is 13.2 Å². The fraction of sp³-hybridized carbons (Fsp3) is 0.500. The lowest BCUT2D eigenvalue weighted by molar-refractivity contribution is -0.153. The van der Waals surface area contributed by atoms with Crippen molar-refractivity contribution in [2.45, 2.75) is 25.1 Å². The number of rotatable bonds is 7. The molecule has 154 valence electrons. The molecule has 7 nitrogen and oxygen atoms in total. The minimum absolute atomic E-state index is 0.0190. The van der Waals surface area contributed by atoms with Gasteiger partial charge in [-0.25, -0.2) is 13.4 Å². The highest BCUT2D eigenvalue weighted by molar-refractivity contribution is 7.92. The molecule has 1 N–H and O–H groups in total. The van der Waals surface area contributed by atoms with Gasteiger partial charge in [0.15, 0.2) is 21.6 Å². The summed E-state index contributed by atoms with van der Waals surface area (Å²) in [6.07, 6.45) is -3.38. The zero-order chi connectivity index (χ0) is 20.4. The number of carbonyl (C=O) groups excluding carboxylic acids is 1. The molecule has 1 aromatic heterocycles. The molecule has 0 aliphatic carbocycles. The van der Waals surface area contributed by atoms with Crippen LogP contribution < -0.4 is 10.1 Å². The molecule has 1 aliphatic heterocycles. The second-order valence-electron chi connectivity index (χ2n) is 6.29. The zero-order valence-electron chi connectivity index (χ0n) is 14.5. The van der Waals surface area contributed by atoms with Crippen LogP contribution in [0.1, 0.15) is 12.8 Å². The molecule has 1 aliphatic rings. The number of anilines is 1. The number of ether oxygens (including phenoxy) is 2. The van der Waals surface area contributed by atoms with Gasteiger partial charge in [0.25, 0.3) is 0 Å². The molecule has 1 atom stereocenters. The van der Waals surface area contributed by atoms with Crippen molar-refractivity contribution < 1.29 is 35.9 Å². The number of nitrogens with zero attached hydrogens (tertiary/aromatic N) is 1. The molecule has 2 aromatic rings. The van der Waals surface area contributed by atoms with Gasteiger partial charge in [0.1, 0.15) is 11.5 Å². The fourth-order valence-corrected chi connectivity index (χ4v) is 5.02. The van der Waals surface area contributed by atoms with Gasteiger partial charge < -0.3 is 14.8 Å². The van der Waals surface area contributed by atoms with Crippen molar-refractivity contribution in [1.29, 1.82) is 0 Å². The summed E-state index contributed by atoms with van der Waals surface area (Å²) in [7, 11) is -3.63. The van der Waals surface area contributed by atoms with E-state index in [1.165, 1.54) is 18.2 Å². The van der Waals surface area contributed by atoms with Crippen molar-refractivity contribution in [2.75, 3.05) is 30.0 Å². The van der Waals surface area contributed by atoms with Crippen molar-refractivity contribution in [3.05, 3.63) is 18.2 Å². The summed E-state index contributed by atoms with van der Waals surface area (Å²) >= 11 is 1.01. The van der Waals surface area contributed by atoms with Crippen LogP contribution in [-0.2, 0) is 19.4 Å². The Bertz CT molecular complexity index is 953. The predicted molar refractivity (Wildman–Crippen MR) is 97.4 cm³/mol. The van der Waals surface area contributed by atoms with E-state index in [2.05, 4.69) is 15.0 Å². The Morgan fingerprint density at radius 3 is 2.86 bits per heavy atom. The highest BCUT2D eigenvalue weighted by atomic mass is 32.2. The fourth-order valence-electron chi connectivity index (χ4n) is 2.69. The second-order valence-corrected chi connectivity index (χ2v) is 9.43. The number of thiazole rings is 1. The van der Waals surface area contributed by atoms with Gasteiger partial charge in [-0.1, -0.05) is 11.3 Å². The van der Waals surface area contributed by atoms with Crippen LogP contribution in [0, 0.1) is 0 Å². The molecule has 12 heteroatoms. The molecule has 0 radical (unpaired) electrons.